The minimum absolute atomic E-state index is 0.129. The molecule has 0 fully saturated rings. The average Bonchev–Trinajstić information content (AvgIpc) is 2.35. The molecule has 5 heteroatoms. The first-order valence-corrected chi connectivity index (χ1v) is 11.1. The molecule has 0 unspecified atom stereocenters. The van der Waals surface area contributed by atoms with Gasteiger partial charge in [-0.3, -0.25) is 0 Å². The van der Waals surface area contributed by atoms with E-state index < -0.39 is 20.4 Å². The van der Waals surface area contributed by atoms with Crippen molar-refractivity contribution in [1.29, 1.82) is 0 Å². The average molecular weight is 343 g/mol. The zero-order valence-electron chi connectivity index (χ0n) is 16.2. The Balaban J connectivity index is 5.27. The molecule has 0 saturated heterocycles. The first-order chi connectivity index (χ1) is 10.2. The minimum Gasteiger partial charge on any atom is -0.464 e. The molecule has 0 aromatic carbocycles. The number of ether oxygens (including phenoxy) is 1. The highest BCUT2D eigenvalue weighted by Crippen LogP contribution is 2.37. The second-order valence-electron chi connectivity index (χ2n) is 8.29. The first kappa shape index (κ1) is 22.1. The van der Waals surface area contributed by atoms with Crippen LogP contribution in [-0.2, 0) is 14.0 Å². The van der Waals surface area contributed by atoms with E-state index in [2.05, 4.69) is 60.4 Å². The molecule has 0 bridgehead atoms. The molecule has 0 aromatic rings. The molecule has 0 amide bonds. The zero-order chi connectivity index (χ0) is 18.5. The van der Waals surface area contributed by atoms with Crippen molar-refractivity contribution in [1.82, 2.24) is 0 Å². The third-order valence-corrected chi connectivity index (χ3v) is 8.71. The van der Waals surface area contributed by atoms with Gasteiger partial charge in [-0.25, -0.2) is 4.79 Å². The molecule has 1 atom stereocenters. The lowest BCUT2D eigenvalue weighted by atomic mass is 9.87. The van der Waals surface area contributed by atoms with Gasteiger partial charge in [0.05, 0.1) is 13.2 Å². The predicted octanol–water partition coefficient (Wildman–Crippen LogP) is 4.06. The highest BCUT2D eigenvalue weighted by Gasteiger charge is 2.37. The summed E-state index contributed by atoms with van der Waals surface area (Å²) in [5.74, 6) is -0.654. The summed E-state index contributed by atoms with van der Waals surface area (Å²) in [7, 11) is -1.87. The normalized spacial score (nSPS) is 14.0. The van der Waals surface area contributed by atoms with Crippen LogP contribution in [0.2, 0.25) is 18.1 Å². The maximum absolute atomic E-state index is 11.5. The Kier molecular flexibility index (Phi) is 7.98. The molecule has 0 aliphatic rings. The molecule has 4 nitrogen and oxygen atoms in total. The van der Waals surface area contributed by atoms with Gasteiger partial charge in [0.15, 0.2) is 14.4 Å². The van der Waals surface area contributed by atoms with Crippen LogP contribution < -0.4 is 0 Å². The van der Waals surface area contributed by atoms with Crippen molar-refractivity contribution < 1.29 is 19.1 Å². The van der Waals surface area contributed by atoms with E-state index in [1.807, 2.05) is 0 Å². The van der Waals surface area contributed by atoms with Crippen LogP contribution in [0.15, 0.2) is 17.4 Å². The second-order valence-corrected chi connectivity index (χ2v) is 13.1. The second kappa shape index (κ2) is 8.29. The molecule has 0 spiro atoms. The standard InChI is InChI=1S/C18H34O4Si/c1-10-21-16(20)15(19)12-11-14(17(2,3)4)13-22-23(8,9)18(5,6)7/h12,15,19H,10,13H2,1-9H3/t11?,15-/m0/s1. The number of aliphatic hydroxyl groups excluding tert-OH is 1. The lowest BCUT2D eigenvalue weighted by Gasteiger charge is -2.37. The van der Waals surface area contributed by atoms with Gasteiger partial charge in [0.1, 0.15) is 0 Å². The summed E-state index contributed by atoms with van der Waals surface area (Å²) in [6, 6.07) is 0. The highest BCUT2D eigenvalue weighted by molar-refractivity contribution is 6.74. The predicted molar refractivity (Wildman–Crippen MR) is 96.8 cm³/mol. The molecular weight excluding hydrogens is 308 g/mol. The summed E-state index contributed by atoms with van der Waals surface area (Å²) in [4.78, 5) is 11.5. The maximum Gasteiger partial charge on any atom is 0.339 e. The van der Waals surface area contributed by atoms with E-state index in [4.69, 9.17) is 9.16 Å². The SMILES string of the molecule is CCOC(=O)[C@@H](O)C=C=C(CO[Si](C)(C)C(C)(C)C)C(C)(C)C. The van der Waals surface area contributed by atoms with Gasteiger partial charge in [0, 0.05) is 5.57 Å². The lowest BCUT2D eigenvalue weighted by molar-refractivity contribution is -0.150. The topological polar surface area (TPSA) is 55.8 Å². The Bertz CT molecular complexity index is 460. The summed E-state index contributed by atoms with van der Waals surface area (Å²) < 4.78 is 11.0. The fourth-order valence-corrected chi connectivity index (χ4v) is 2.36. The summed E-state index contributed by atoms with van der Waals surface area (Å²) in [6.45, 7) is 19.6. The van der Waals surface area contributed by atoms with Gasteiger partial charge in [-0.15, -0.1) is 5.73 Å². The number of hydrogen-bond acceptors (Lipinski definition) is 4. The summed E-state index contributed by atoms with van der Waals surface area (Å²) in [5.41, 5.74) is 3.82. The molecule has 0 rings (SSSR count). The monoisotopic (exact) mass is 342 g/mol. The Labute approximate surface area is 142 Å². The van der Waals surface area contributed by atoms with Crippen LogP contribution in [-0.4, -0.2) is 38.7 Å². The molecule has 0 heterocycles. The summed E-state index contributed by atoms with van der Waals surface area (Å²) in [5, 5.41) is 9.91. The van der Waals surface area contributed by atoms with Gasteiger partial charge in [0.2, 0.25) is 0 Å². The van der Waals surface area contributed by atoms with Gasteiger partial charge < -0.3 is 14.3 Å². The van der Waals surface area contributed by atoms with Gasteiger partial charge in [0.25, 0.3) is 0 Å². The molecule has 0 aliphatic heterocycles. The van der Waals surface area contributed by atoms with Crippen LogP contribution >= 0.6 is 0 Å². The van der Waals surface area contributed by atoms with E-state index in [1.54, 1.807) is 6.92 Å². The maximum atomic E-state index is 11.5. The highest BCUT2D eigenvalue weighted by atomic mass is 28.4. The van der Waals surface area contributed by atoms with Gasteiger partial charge >= 0.3 is 5.97 Å². The van der Waals surface area contributed by atoms with Crippen LogP contribution in [0.25, 0.3) is 0 Å². The van der Waals surface area contributed by atoms with Crippen LogP contribution in [0.4, 0.5) is 0 Å². The smallest absolute Gasteiger partial charge is 0.339 e. The van der Waals surface area contributed by atoms with Gasteiger partial charge in [-0.1, -0.05) is 41.5 Å². The van der Waals surface area contributed by atoms with Crippen molar-refractivity contribution in [3.05, 3.63) is 17.4 Å². The van der Waals surface area contributed by atoms with E-state index in [-0.39, 0.29) is 17.1 Å². The molecule has 1 N–H and O–H groups in total. The van der Waals surface area contributed by atoms with E-state index in [1.165, 1.54) is 6.08 Å². The number of rotatable bonds is 6. The zero-order valence-corrected chi connectivity index (χ0v) is 17.2. The van der Waals surface area contributed by atoms with Crippen molar-refractivity contribution in [3.63, 3.8) is 0 Å². The van der Waals surface area contributed by atoms with E-state index in [0.29, 0.717) is 6.61 Å². The Morgan fingerprint density at radius 1 is 1.22 bits per heavy atom. The Morgan fingerprint density at radius 2 is 1.74 bits per heavy atom. The molecule has 23 heavy (non-hydrogen) atoms. The van der Waals surface area contributed by atoms with Crippen LogP contribution in [0.3, 0.4) is 0 Å². The number of hydrogen-bond donors (Lipinski definition) is 1. The largest absolute Gasteiger partial charge is 0.464 e. The van der Waals surface area contributed by atoms with Crippen LogP contribution in [0.1, 0.15) is 48.5 Å². The fraction of sp³-hybridized carbons (Fsp3) is 0.778. The van der Waals surface area contributed by atoms with Crippen molar-refractivity contribution in [2.45, 2.75) is 72.7 Å². The number of carbonyl (C=O) groups is 1. The van der Waals surface area contributed by atoms with Gasteiger partial charge in [-0.2, -0.15) is 0 Å². The van der Waals surface area contributed by atoms with Crippen molar-refractivity contribution in [2.75, 3.05) is 13.2 Å². The Hall–Kier alpha value is -0.873. The number of esters is 1. The third kappa shape index (κ3) is 7.49. The van der Waals surface area contributed by atoms with Crippen LogP contribution in [0, 0.1) is 5.41 Å². The first-order valence-electron chi connectivity index (χ1n) is 8.17. The van der Waals surface area contributed by atoms with E-state index >= 15 is 0 Å². The molecular formula is C18H34O4Si. The van der Waals surface area contributed by atoms with Gasteiger partial charge in [-0.05, 0) is 36.5 Å². The van der Waals surface area contributed by atoms with Crippen molar-refractivity contribution >= 4 is 14.3 Å². The summed E-state index contributed by atoms with van der Waals surface area (Å²) >= 11 is 0. The molecule has 134 valence electrons. The third-order valence-electron chi connectivity index (χ3n) is 4.23. The number of aliphatic hydroxyl groups is 1. The molecule has 0 aromatic heterocycles. The molecule has 0 aliphatic carbocycles. The van der Waals surface area contributed by atoms with E-state index in [9.17, 15) is 9.90 Å². The summed E-state index contributed by atoms with van der Waals surface area (Å²) in [6.07, 6.45) is 0.0632. The number of carbonyl (C=O) groups excluding carboxylic acids is 1. The van der Waals surface area contributed by atoms with Crippen molar-refractivity contribution in [2.24, 2.45) is 5.41 Å². The minimum atomic E-state index is -1.87. The van der Waals surface area contributed by atoms with E-state index in [0.717, 1.165) is 5.57 Å². The molecule has 0 radical (unpaired) electrons. The van der Waals surface area contributed by atoms with Crippen LogP contribution in [0.5, 0.6) is 0 Å². The van der Waals surface area contributed by atoms with Crippen molar-refractivity contribution in [3.8, 4) is 0 Å². The fourth-order valence-electron chi connectivity index (χ4n) is 1.42. The molecule has 0 saturated carbocycles. The quantitative estimate of drug-likeness (QED) is 0.449. The lowest BCUT2D eigenvalue weighted by Crippen LogP contribution is -2.41. The Morgan fingerprint density at radius 3 is 2.13 bits per heavy atom.